The van der Waals surface area contributed by atoms with Crippen LogP contribution in [0.3, 0.4) is 0 Å². The van der Waals surface area contributed by atoms with E-state index in [-0.39, 0.29) is 12.1 Å². The van der Waals surface area contributed by atoms with E-state index in [1.807, 2.05) is 0 Å². The fraction of sp³-hybridized carbons (Fsp3) is 0.163. The number of anilines is 6. The van der Waals surface area contributed by atoms with Gasteiger partial charge in [0.2, 0.25) is 6.71 Å². The van der Waals surface area contributed by atoms with Crippen LogP contribution in [0.1, 0.15) is 47.2 Å². The first-order valence-electron chi connectivity index (χ1n) is 16.8. The van der Waals surface area contributed by atoms with Crippen LogP contribution in [0.5, 0.6) is 0 Å². The molecule has 2 heterocycles. The minimum atomic E-state index is -0.172. The Morgan fingerprint density at radius 2 is 1.13 bits per heavy atom. The molecule has 4 aliphatic rings. The molecule has 0 N–H and O–H groups in total. The van der Waals surface area contributed by atoms with Crippen molar-refractivity contribution < 1.29 is 0 Å². The van der Waals surface area contributed by atoms with Gasteiger partial charge in [-0.25, -0.2) is 0 Å². The molecule has 0 unspecified atom stereocenters. The number of nitrogens with zero attached hydrogens (tertiary/aromatic N) is 2. The smallest absolute Gasteiger partial charge is 0.247 e. The third kappa shape index (κ3) is 3.60. The fourth-order valence-corrected chi connectivity index (χ4v) is 8.71. The van der Waals surface area contributed by atoms with Crippen molar-refractivity contribution in [2.24, 2.45) is 0 Å². The highest BCUT2D eigenvalue weighted by Gasteiger charge is 2.46. The molecule has 2 aliphatic carbocycles. The van der Waals surface area contributed by atoms with Crippen LogP contribution in [-0.2, 0) is 31.1 Å². The average molecular weight is 591 g/mol. The van der Waals surface area contributed by atoms with Gasteiger partial charge in [0.25, 0.3) is 0 Å². The van der Waals surface area contributed by atoms with Crippen molar-refractivity contribution in [1.29, 1.82) is 0 Å². The van der Waals surface area contributed by atoms with Crippen molar-refractivity contribution in [3.8, 4) is 0 Å². The van der Waals surface area contributed by atoms with Gasteiger partial charge in [-0.15, -0.1) is 0 Å². The van der Waals surface area contributed by atoms with Crippen LogP contribution in [0.15, 0.2) is 127 Å². The van der Waals surface area contributed by atoms with E-state index < -0.39 is 0 Å². The third-order valence-corrected chi connectivity index (χ3v) is 11.3. The molecule has 0 aromatic heterocycles. The number of hydrogen-bond acceptors (Lipinski definition) is 2. The van der Waals surface area contributed by atoms with E-state index in [0.717, 1.165) is 0 Å². The van der Waals surface area contributed by atoms with Crippen molar-refractivity contribution in [1.82, 2.24) is 0 Å². The summed E-state index contributed by atoms with van der Waals surface area (Å²) >= 11 is 0. The predicted octanol–water partition coefficient (Wildman–Crippen LogP) is 8.29. The summed E-state index contributed by atoms with van der Waals surface area (Å²) in [5.74, 6) is 0. The molecule has 0 atom stereocenters. The Hall–Kier alpha value is -5.02. The topological polar surface area (TPSA) is 6.48 Å². The lowest BCUT2D eigenvalue weighted by molar-refractivity contribution is 0.646. The minimum absolute atomic E-state index is 0.172. The zero-order chi connectivity index (χ0) is 30.6. The summed E-state index contributed by atoms with van der Waals surface area (Å²) in [5.41, 5.74) is 20.3. The maximum atomic E-state index is 2.53. The molecule has 6 aromatic carbocycles. The van der Waals surface area contributed by atoms with E-state index >= 15 is 0 Å². The van der Waals surface area contributed by atoms with E-state index in [0.29, 0.717) is 0 Å². The van der Waals surface area contributed by atoms with Crippen LogP contribution in [0.25, 0.3) is 0 Å². The molecule has 0 saturated carbocycles. The van der Waals surface area contributed by atoms with Crippen molar-refractivity contribution in [2.75, 3.05) is 9.80 Å². The van der Waals surface area contributed by atoms with Gasteiger partial charge in [-0.2, -0.15) is 0 Å². The molecule has 0 radical (unpaired) electrons. The molecule has 0 saturated heterocycles. The van der Waals surface area contributed by atoms with Crippen molar-refractivity contribution in [2.45, 2.75) is 44.9 Å². The summed E-state index contributed by atoms with van der Waals surface area (Å²) < 4.78 is 0. The Bertz CT molecular complexity index is 2160. The summed E-state index contributed by atoms with van der Waals surface area (Å²) in [4.78, 5) is 5.05. The maximum absolute atomic E-state index is 2.53. The van der Waals surface area contributed by atoms with Crippen LogP contribution in [0.4, 0.5) is 34.1 Å². The number of benzene rings is 6. The Kier molecular flexibility index (Phi) is 5.42. The number of fused-ring (bicyclic) bond motifs is 6. The lowest BCUT2D eigenvalue weighted by atomic mass is 9.30. The zero-order valence-electron chi connectivity index (χ0n) is 26.4. The van der Waals surface area contributed by atoms with Gasteiger partial charge in [0.1, 0.15) is 0 Å². The van der Waals surface area contributed by atoms with Gasteiger partial charge in [-0.3, -0.25) is 0 Å². The highest BCUT2D eigenvalue weighted by atomic mass is 15.2. The molecule has 0 spiro atoms. The normalized spacial score (nSPS) is 15.8. The summed E-state index contributed by atoms with van der Waals surface area (Å²) in [6, 6.07) is 48.5. The van der Waals surface area contributed by atoms with Crippen molar-refractivity contribution in [3.05, 3.63) is 161 Å². The Morgan fingerprint density at radius 3 is 1.78 bits per heavy atom. The first-order chi connectivity index (χ1) is 22.6. The van der Waals surface area contributed by atoms with Crippen LogP contribution < -0.4 is 26.2 Å². The first-order valence-corrected chi connectivity index (χ1v) is 16.8. The van der Waals surface area contributed by atoms with Crippen molar-refractivity contribution in [3.63, 3.8) is 0 Å². The Morgan fingerprint density at radius 1 is 0.522 bits per heavy atom. The van der Waals surface area contributed by atoms with E-state index in [9.17, 15) is 0 Å². The van der Waals surface area contributed by atoms with Gasteiger partial charge in [0.15, 0.2) is 0 Å². The summed E-state index contributed by atoms with van der Waals surface area (Å²) in [5, 5.41) is 0. The van der Waals surface area contributed by atoms with Gasteiger partial charge in [0.05, 0.1) is 0 Å². The number of rotatable bonds is 4. The number of aryl methyl sites for hydroxylation is 4. The van der Waals surface area contributed by atoms with E-state index in [4.69, 9.17) is 0 Å². The summed E-state index contributed by atoms with van der Waals surface area (Å²) in [6.07, 6.45) is 4.72. The SMILES string of the molecule is CC1(C)c2ccccc2B2c3ccccc3N(c3ccccc3)c3cc(N(c4ccc5c(c4)CC5)c4ccc5c(c4)CC5)cc1c32. The standard InChI is InChI=1S/C43H35BN2/c1-43(2)36-12-6-7-13-38(36)44-39-14-8-9-15-40(39)46(32-10-4-3-5-11-32)41-27-35(26-37(43)42(41)44)45(33-22-20-28-16-18-30(28)24-33)34-23-21-29-17-19-31(29)25-34/h3-15,20-27H,16-19H2,1-2H3. The largest absolute Gasteiger partial charge is 0.311 e. The van der Waals surface area contributed by atoms with Crippen LogP contribution >= 0.6 is 0 Å². The van der Waals surface area contributed by atoms with Crippen LogP contribution in [0.2, 0.25) is 0 Å². The molecule has 2 nitrogen and oxygen atoms in total. The van der Waals surface area contributed by atoms with Gasteiger partial charge in [-0.1, -0.05) is 92.1 Å². The van der Waals surface area contributed by atoms with E-state index in [1.54, 1.807) is 0 Å². The Balaban J connectivity index is 1.29. The predicted molar refractivity (Wildman–Crippen MR) is 194 cm³/mol. The number of hydrogen-bond donors (Lipinski definition) is 0. The molecule has 0 fully saturated rings. The van der Waals surface area contributed by atoms with Crippen molar-refractivity contribution >= 4 is 57.2 Å². The van der Waals surface area contributed by atoms with Gasteiger partial charge < -0.3 is 9.80 Å². The highest BCUT2D eigenvalue weighted by molar-refractivity contribution is 6.99. The van der Waals surface area contributed by atoms with E-state index in [2.05, 4.69) is 151 Å². The lowest BCUT2D eigenvalue weighted by Crippen LogP contribution is -2.64. The molecule has 0 bridgehead atoms. The van der Waals surface area contributed by atoms with Gasteiger partial charge in [0, 0.05) is 39.5 Å². The Labute approximate surface area is 272 Å². The molecule has 220 valence electrons. The molecule has 2 aliphatic heterocycles. The molecular weight excluding hydrogens is 555 g/mol. The average Bonchev–Trinajstić information content (AvgIpc) is 3.05. The first kappa shape index (κ1) is 26.2. The molecule has 10 rings (SSSR count). The third-order valence-electron chi connectivity index (χ3n) is 11.3. The number of para-hydroxylation sites is 2. The van der Waals surface area contributed by atoms with Crippen LogP contribution in [-0.4, -0.2) is 6.71 Å². The zero-order valence-corrected chi connectivity index (χ0v) is 26.4. The fourth-order valence-electron chi connectivity index (χ4n) is 8.71. The van der Waals surface area contributed by atoms with Gasteiger partial charge >= 0.3 is 0 Å². The lowest BCUT2D eigenvalue weighted by Gasteiger charge is -2.46. The second-order valence-electron chi connectivity index (χ2n) is 14.0. The van der Waals surface area contributed by atoms with Crippen LogP contribution in [0, 0.1) is 0 Å². The maximum Gasteiger partial charge on any atom is 0.247 e. The molecule has 6 aromatic rings. The molecule has 0 amide bonds. The summed E-state index contributed by atoms with van der Waals surface area (Å²) in [7, 11) is 0. The quantitative estimate of drug-likeness (QED) is 0.190. The molecule has 46 heavy (non-hydrogen) atoms. The highest BCUT2D eigenvalue weighted by Crippen LogP contribution is 2.47. The molecule has 3 heteroatoms. The monoisotopic (exact) mass is 590 g/mol. The van der Waals surface area contributed by atoms with Gasteiger partial charge in [-0.05, 0) is 125 Å². The summed E-state index contributed by atoms with van der Waals surface area (Å²) in [6.45, 7) is 5.03. The second-order valence-corrected chi connectivity index (χ2v) is 14.0. The molecular formula is C43H35BN2. The second kappa shape index (κ2) is 9.50. The minimum Gasteiger partial charge on any atom is -0.311 e. The van der Waals surface area contributed by atoms with E-state index in [1.165, 1.54) is 110 Å².